The number of rotatable bonds is 5. The van der Waals surface area contributed by atoms with E-state index >= 15 is 0 Å². The van der Waals surface area contributed by atoms with Crippen molar-refractivity contribution in [3.8, 4) is 0 Å². The molecule has 6 heteroatoms. The summed E-state index contributed by atoms with van der Waals surface area (Å²) in [5, 5.41) is 5.16. The molecule has 2 aromatic carbocycles. The molecule has 3 aromatic rings. The van der Waals surface area contributed by atoms with Gasteiger partial charge in [0.1, 0.15) is 0 Å². The van der Waals surface area contributed by atoms with Crippen LogP contribution in [-0.4, -0.2) is 30.5 Å². The maximum Gasteiger partial charge on any atom is 0.230 e. The van der Waals surface area contributed by atoms with Crippen molar-refractivity contribution in [3.63, 3.8) is 0 Å². The molecule has 0 atom stereocenters. The second-order valence-electron chi connectivity index (χ2n) is 8.90. The minimum Gasteiger partial charge on any atom is -0.355 e. The number of thiazole rings is 1. The van der Waals surface area contributed by atoms with E-state index in [0.29, 0.717) is 5.92 Å². The maximum atomic E-state index is 13.3. The summed E-state index contributed by atoms with van der Waals surface area (Å²) in [5.74, 6) is 0.721. The standard InChI is InChI=1S/C25H28ClN3OS/c26-20-9-7-19(8-10-20)25(13-3-4-14-25)23(30)27-17-18-11-15-29(16-12-18)24-28-21-5-1-2-6-22(21)31-24/h1-2,5-10,18H,3-4,11-17H2,(H,27,30). The summed E-state index contributed by atoms with van der Waals surface area (Å²) in [4.78, 5) is 20.5. The number of fused-ring (bicyclic) bond motifs is 1. The Morgan fingerprint density at radius 3 is 2.52 bits per heavy atom. The van der Waals surface area contributed by atoms with Gasteiger partial charge in [-0.05, 0) is 61.4 Å². The number of aromatic nitrogens is 1. The number of hydrogen-bond acceptors (Lipinski definition) is 4. The Bertz CT molecular complexity index is 1020. The third-order valence-corrected chi connectivity index (χ3v) is 8.36. The summed E-state index contributed by atoms with van der Waals surface area (Å²) in [6, 6.07) is 16.2. The predicted molar refractivity (Wildman–Crippen MR) is 129 cm³/mol. The van der Waals surface area contributed by atoms with Gasteiger partial charge in [0.15, 0.2) is 5.13 Å². The van der Waals surface area contributed by atoms with Gasteiger partial charge in [-0.3, -0.25) is 4.79 Å². The van der Waals surface area contributed by atoms with E-state index in [-0.39, 0.29) is 11.3 Å². The zero-order valence-corrected chi connectivity index (χ0v) is 19.2. The molecular formula is C25H28ClN3OS. The van der Waals surface area contributed by atoms with Crippen LogP contribution in [0.5, 0.6) is 0 Å². The molecule has 1 aromatic heterocycles. The number of carbonyl (C=O) groups excluding carboxylic acids is 1. The monoisotopic (exact) mass is 453 g/mol. The van der Waals surface area contributed by atoms with Gasteiger partial charge in [-0.15, -0.1) is 0 Å². The largest absolute Gasteiger partial charge is 0.355 e. The molecule has 1 saturated carbocycles. The molecule has 2 aliphatic rings. The van der Waals surface area contributed by atoms with E-state index in [2.05, 4.69) is 28.4 Å². The number of piperidine rings is 1. The number of benzene rings is 2. The molecular weight excluding hydrogens is 426 g/mol. The molecule has 2 heterocycles. The quantitative estimate of drug-likeness (QED) is 0.531. The number of amides is 1. The van der Waals surface area contributed by atoms with E-state index in [4.69, 9.17) is 16.6 Å². The number of anilines is 1. The summed E-state index contributed by atoms with van der Waals surface area (Å²) >= 11 is 7.85. The van der Waals surface area contributed by atoms with Crippen LogP contribution in [0.4, 0.5) is 5.13 Å². The lowest BCUT2D eigenvalue weighted by molar-refractivity contribution is -0.126. The lowest BCUT2D eigenvalue weighted by Crippen LogP contribution is -2.45. The van der Waals surface area contributed by atoms with Crippen molar-refractivity contribution in [1.29, 1.82) is 0 Å². The van der Waals surface area contributed by atoms with Crippen molar-refractivity contribution in [2.45, 2.75) is 43.9 Å². The number of hydrogen-bond donors (Lipinski definition) is 1. The molecule has 1 aliphatic heterocycles. The highest BCUT2D eigenvalue weighted by atomic mass is 35.5. The third kappa shape index (κ3) is 4.18. The smallest absolute Gasteiger partial charge is 0.230 e. The summed E-state index contributed by atoms with van der Waals surface area (Å²) in [7, 11) is 0. The van der Waals surface area contributed by atoms with Crippen LogP contribution in [0.2, 0.25) is 5.02 Å². The average molecular weight is 454 g/mol. The fourth-order valence-corrected chi connectivity index (χ4v) is 6.27. The van der Waals surface area contributed by atoms with Gasteiger partial charge in [-0.2, -0.15) is 0 Å². The van der Waals surface area contributed by atoms with Crippen LogP contribution < -0.4 is 10.2 Å². The first-order valence-corrected chi connectivity index (χ1v) is 12.5. The Hall–Kier alpha value is -2.11. The topological polar surface area (TPSA) is 45.2 Å². The van der Waals surface area contributed by atoms with E-state index < -0.39 is 0 Å². The molecule has 0 spiro atoms. The molecule has 1 saturated heterocycles. The zero-order chi connectivity index (χ0) is 21.3. The van der Waals surface area contributed by atoms with E-state index in [0.717, 1.165) is 79.4 Å². The van der Waals surface area contributed by atoms with Gasteiger partial charge in [-0.1, -0.05) is 60.0 Å². The van der Waals surface area contributed by atoms with Crippen molar-refractivity contribution in [2.24, 2.45) is 5.92 Å². The van der Waals surface area contributed by atoms with Crippen LogP contribution in [0.15, 0.2) is 48.5 Å². The second kappa shape index (κ2) is 8.79. The molecule has 2 fully saturated rings. The Balaban J connectivity index is 1.18. The van der Waals surface area contributed by atoms with Crippen molar-refractivity contribution < 1.29 is 4.79 Å². The van der Waals surface area contributed by atoms with Gasteiger partial charge in [0.2, 0.25) is 5.91 Å². The highest BCUT2D eigenvalue weighted by Crippen LogP contribution is 2.42. The van der Waals surface area contributed by atoms with Gasteiger partial charge in [0.05, 0.1) is 15.6 Å². The van der Waals surface area contributed by atoms with Gasteiger partial charge in [-0.25, -0.2) is 4.98 Å². The molecule has 31 heavy (non-hydrogen) atoms. The molecule has 0 unspecified atom stereocenters. The van der Waals surface area contributed by atoms with Gasteiger partial charge >= 0.3 is 0 Å². The number of nitrogens with zero attached hydrogens (tertiary/aromatic N) is 2. The highest BCUT2D eigenvalue weighted by molar-refractivity contribution is 7.22. The van der Waals surface area contributed by atoms with Gasteiger partial charge < -0.3 is 10.2 Å². The Morgan fingerprint density at radius 2 is 1.81 bits per heavy atom. The molecule has 1 N–H and O–H groups in total. The van der Waals surface area contributed by atoms with Crippen LogP contribution in [0.3, 0.4) is 0 Å². The molecule has 1 aliphatic carbocycles. The molecule has 0 radical (unpaired) electrons. The minimum absolute atomic E-state index is 0.195. The summed E-state index contributed by atoms with van der Waals surface area (Å²) < 4.78 is 1.25. The minimum atomic E-state index is -0.383. The predicted octanol–water partition coefficient (Wildman–Crippen LogP) is 5.79. The van der Waals surface area contributed by atoms with Crippen molar-refractivity contribution in [1.82, 2.24) is 10.3 Å². The molecule has 162 valence electrons. The second-order valence-corrected chi connectivity index (χ2v) is 10.3. The summed E-state index contributed by atoms with van der Waals surface area (Å²) in [6.45, 7) is 2.77. The first-order valence-electron chi connectivity index (χ1n) is 11.3. The Morgan fingerprint density at radius 1 is 1.10 bits per heavy atom. The van der Waals surface area contributed by atoms with Crippen LogP contribution in [0, 0.1) is 5.92 Å². The van der Waals surface area contributed by atoms with Crippen molar-refractivity contribution in [3.05, 3.63) is 59.1 Å². The van der Waals surface area contributed by atoms with Gasteiger partial charge in [0.25, 0.3) is 0 Å². The first-order chi connectivity index (χ1) is 15.1. The van der Waals surface area contributed by atoms with Crippen LogP contribution in [0.25, 0.3) is 10.2 Å². The molecule has 0 bridgehead atoms. The number of para-hydroxylation sites is 1. The van der Waals surface area contributed by atoms with E-state index in [1.165, 1.54) is 4.70 Å². The SMILES string of the molecule is O=C(NCC1CCN(c2nc3ccccc3s2)CC1)C1(c2ccc(Cl)cc2)CCCC1. The number of nitrogens with one attached hydrogen (secondary N) is 1. The fraction of sp³-hybridized carbons (Fsp3) is 0.440. The van der Waals surface area contributed by atoms with E-state index in [1.807, 2.05) is 30.3 Å². The lowest BCUT2D eigenvalue weighted by atomic mass is 9.78. The highest BCUT2D eigenvalue weighted by Gasteiger charge is 2.42. The lowest BCUT2D eigenvalue weighted by Gasteiger charge is -2.33. The maximum absolute atomic E-state index is 13.3. The Labute approximate surface area is 192 Å². The van der Waals surface area contributed by atoms with E-state index in [1.54, 1.807) is 11.3 Å². The van der Waals surface area contributed by atoms with Crippen LogP contribution >= 0.6 is 22.9 Å². The zero-order valence-electron chi connectivity index (χ0n) is 17.6. The van der Waals surface area contributed by atoms with Crippen LogP contribution in [-0.2, 0) is 10.2 Å². The number of halogens is 1. The molecule has 1 amide bonds. The number of carbonyl (C=O) groups is 1. The Kier molecular flexibility index (Phi) is 5.89. The van der Waals surface area contributed by atoms with Crippen LogP contribution in [0.1, 0.15) is 44.1 Å². The normalized spacial score (nSPS) is 19.1. The first kappa shape index (κ1) is 20.8. The average Bonchev–Trinajstić information content (AvgIpc) is 3.46. The van der Waals surface area contributed by atoms with Crippen molar-refractivity contribution in [2.75, 3.05) is 24.5 Å². The van der Waals surface area contributed by atoms with Crippen molar-refractivity contribution >= 4 is 44.2 Å². The van der Waals surface area contributed by atoms with E-state index in [9.17, 15) is 4.79 Å². The summed E-state index contributed by atoms with van der Waals surface area (Å²) in [5.41, 5.74) is 1.81. The fourth-order valence-electron chi connectivity index (χ4n) is 5.12. The molecule has 4 nitrogen and oxygen atoms in total. The molecule has 5 rings (SSSR count). The summed E-state index contributed by atoms with van der Waals surface area (Å²) in [6.07, 6.45) is 6.24. The van der Waals surface area contributed by atoms with Gasteiger partial charge in [0, 0.05) is 24.7 Å². The third-order valence-electron chi connectivity index (χ3n) is 7.01.